The summed E-state index contributed by atoms with van der Waals surface area (Å²) in [7, 11) is 1.75. The fourth-order valence-electron chi connectivity index (χ4n) is 2.15. The van der Waals surface area contributed by atoms with Crippen LogP contribution in [0.2, 0.25) is 0 Å². The van der Waals surface area contributed by atoms with E-state index >= 15 is 0 Å². The molecule has 0 unspecified atom stereocenters. The van der Waals surface area contributed by atoms with Crippen LogP contribution < -0.4 is 15.0 Å². The molecule has 0 amide bonds. The molecular weight excluding hydrogens is 224 g/mol. The predicted molar refractivity (Wildman–Crippen MR) is 78.8 cm³/mol. The average Bonchev–Trinajstić information content (AvgIpc) is 2.49. The van der Waals surface area contributed by atoms with Gasteiger partial charge >= 0.3 is 0 Å². The maximum atomic E-state index is 5.43. The normalized spacial score (nSPS) is 14.8. The molecule has 1 N–H and O–H groups in total. The molecule has 0 aromatic heterocycles. The molecule has 1 saturated heterocycles. The van der Waals surface area contributed by atoms with Crippen LogP contribution >= 0.6 is 0 Å². The van der Waals surface area contributed by atoms with Crippen molar-refractivity contribution in [1.29, 1.82) is 0 Å². The number of anilines is 1. The fourth-order valence-corrected chi connectivity index (χ4v) is 2.15. The lowest BCUT2D eigenvalue weighted by Crippen LogP contribution is -2.43. The molecule has 0 saturated carbocycles. The third-order valence-corrected chi connectivity index (χ3v) is 3.13. The SMILES string of the molecule is CC.CCc1ccc(N2CCNCC2)cc1OC. The van der Waals surface area contributed by atoms with Crippen molar-refractivity contribution in [3.63, 3.8) is 0 Å². The van der Waals surface area contributed by atoms with Crippen LogP contribution in [0, 0.1) is 0 Å². The van der Waals surface area contributed by atoms with Crippen molar-refractivity contribution in [3.05, 3.63) is 23.8 Å². The molecule has 0 bridgehead atoms. The molecule has 1 aliphatic heterocycles. The summed E-state index contributed by atoms with van der Waals surface area (Å²) in [5.41, 5.74) is 2.55. The summed E-state index contributed by atoms with van der Waals surface area (Å²) in [6, 6.07) is 6.53. The lowest BCUT2D eigenvalue weighted by molar-refractivity contribution is 0.410. The van der Waals surface area contributed by atoms with Crippen LogP contribution in [0.15, 0.2) is 18.2 Å². The molecule has 1 aromatic carbocycles. The molecule has 3 heteroatoms. The Bertz CT molecular complexity index is 346. The van der Waals surface area contributed by atoms with Gasteiger partial charge < -0.3 is 15.0 Å². The second kappa shape index (κ2) is 7.98. The van der Waals surface area contributed by atoms with Crippen LogP contribution in [-0.2, 0) is 6.42 Å². The van der Waals surface area contributed by atoms with E-state index in [4.69, 9.17) is 4.74 Å². The summed E-state index contributed by atoms with van der Waals surface area (Å²) in [6.45, 7) is 10.4. The van der Waals surface area contributed by atoms with Crippen molar-refractivity contribution in [3.8, 4) is 5.75 Å². The highest BCUT2D eigenvalue weighted by Crippen LogP contribution is 2.26. The zero-order valence-electron chi connectivity index (χ0n) is 12.1. The van der Waals surface area contributed by atoms with E-state index in [1.54, 1.807) is 7.11 Å². The molecular formula is C15H26N2O. The Balaban J connectivity index is 0.000000771. The highest BCUT2D eigenvalue weighted by atomic mass is 16.5. The molecule has 1 aromatic rings. The molecule has 18 heavy (non-hydrogen) atoms. The Morgan fingerprint density at radius 1 is 1.22 bits per heavy atom. The van der Waals surface area contributed by atoms with Crippen molar-refractivity contribution < 1.29 is 4.74 Å². The lowest BCUT2D eigenvalue weighted by Gasteiger charge is -2.29. The molecule has 1 heterocycles. The number of rotatable bonds is 3. The lowest BCUT2D eigenvalue weighted by atomic mass is 10.1. The van der Waals surface area contributed by atoms with Gasteiger partial charge in [0.2, 0.25) is 0 Å². The van der Waals surface area contributed by atoms with E-state index in [0.717, 1.165) is 38.3 Å². The van der Waals surface area contributed by atoms with E-state index in [9.17, 15) is 0 Å². The Morgan fingerprint density at radius 2 is 1.89 bits per heavy atom. The van der Waals surface area contributed by atoms with Crippen molar-refractivity contribution in [2.24, 2.45) is 0 Å². The molecule has 3 nitrogen and oxygen atoms in total. The van der Waals surface area contributed by atoms with Gasteiger partial charge in [0.1, 0.15) is 5.75 Å². The molecule has 0 aliphatic carbocycles. The molecule has 102 valence electrons. The minimum atomic E-state index is 1.01. The average molecular weight is 250 g/mol. The molecule has 1 aliphatic rings. The minimum absolute atomic E-state index is 1.01. The van der Waals surface area contributed by atoms with Crippen LogP contribution in [-0.4, -0.2) is 33.3 Å². The van der Waals surface area contributed by atoms with Crippen LogP contribution in [0.4, 0.5) is 5.69 Å². The summed E-state index contributed by atoms with van der Waals surface area (Å²) in [4.78, 5) is 2.40. The molecule has 2 rings (SSSR count). The van der Waals surface area contributed by atoms with Crippen molar-refractivity contribution in [2.45, 2.75) is 27.2 Å². The number of nitrogens with one attached hydrogen (secondary N) is 1. The van der Waals surface area contributed by atoms with Crippen LogP contribution in [0.25, 0.3) is 0 Å². The molecule has 1 fully saturated rings. The number of hydrogen-bond donors (Lipinski definition) is 1. The molecule has 0 radical (unpaired) electrons. The summed E-state index contributed by atoms with van der Waals surface area (Å²) in [5, 5.41) is 3.36. The van der Waals surface area contributed by atoms with Gasteiger partial charge in [-0.15, -0.1) is 0 Å². The highest BCUT2D eigenvalue weighted by molar-refractivity contribution is 5.54. The summed E-state index contributed by atoms with van der Waals surface area (Å²) in [6.07, 6.45) is 1.02. The van der Waals surface area contributed by atoms with Crippen molar-refractivity contribution >= 4 is 5.69 Å². The smallest absolute Gasteiger partial charge is 0.124 e. The van der Waals surface area contributed by atoms with Gasteiger partial charge in [-0.1, -0.05) is 26.8 Å². The zero-order valence-corrected chi connectivity index (χ0v) is 12.1. The van der Waals surface area contributed by atoms with Crippen LogP contribution in [0.3, 0.4) is 0 Å². The summed E-state index contributed by atoms with van der Waals surface area (Å²) in [5.74, 6) is 1.01. The van der Waals surface area contributed by atoms with Gasteiger partial charge in [0, 0.05) is 37.9 Å². The van der Waals surface area contributed by atoms with Crippen LogP contribution in [0.1, 0.15) is 26.3 Å². The number of benzene rings is 1. The Labute approximate surface area is 111 Å². The topological polar surface area (TPSA) is 24.5 Å². The van der Waals surface area contributed by atoms with Gasteiger partial charge in [0.15, 0.2) is 0 Å². The maximum Gasteiger partial charge on any atom is 0.124 e. The van der Waals surface area contributed by atoms with E-state index in [2.05, 4.69) is 35.3 Å². The largest absolute Gasteiger partial charge is 0.496 e. The first-order valence-corrected chi connectivity index (χ1v) is 6.97. The van der Waals surface area contributed by atoms with Gasteiger partial charge in [-0.2, -0.15) is 0 Å². The Hall–Kier alpha value is -1.22. The summed E-state index contributed by atoms with van der Waals surface area (Å²) < 4.78 is 5.43. The quantitative estimate of drug-likeness (QED) is 0.892. The van der Waals surface area contributed by atoms with E-state index < -0.39 is 0 Å². The standard InChI is InChI=1S/C13H20N2O.C2H6/c1-3-11-4-5-12(10-13(11)16-2)15-8-6-14-7-9-15;1-2/h4-5,10,14H,3,6-9H2,1-2H3;1-2H3. The number of hydrogen-bond acceptors (Lipinski definition) is 3. The number of aryl methyl sites for hydroxylation is 1. The third kappa shape index (κ3) is 3.64. The predicted octanol–water partition coefficient (Wildman–Crippen LogP) is 2.69. The van der Waals surface area contributed by atoms with Gasteiger partial charge in [-0.25, -0.2) is 0 Å². The van der Waals surface area contributed by atoms with E-state index in [1.807, 2.05) is 13.8 Å². The molecule has 0 atom stereocenters. The number of ether oxygens (including phenoxy) is 1. The number of piperazine rings is 1. The second-order valence-electron chi connectivity index (χ2n) is 4.09. The first-order chi connectivity index (χ1) is 8.85. The Kier molecular flexibility index (Phi) is 6.58. The first kappa shape index (κ1) is 14.8. The van der Waals surface area contributed by atoms with E-state index in [0.29, 0.717) is 0 Å². The fraction of sp³-hybridized carbons (Fsp3) is 0.600. The zero-order chi connectivity index (χ0) is 13.4. The van der Waals surface area contributed by atoms with Gasteiger partial charge in [-0.3, -0.25) is 0 Å². The van der Waals surface area contributed by atoms with Gasteiger partial charge in [-0.05, 0) is 18.1 Å². The van der Waals surface area contributed by atoms with Gasteiger partial charge in [0.05, 0.1) is 7.11 Å². The third-order valence-electron chi connectivity index (χ3n) is 3.13. The van der Waals surface area contributed by atoms with Crippen molar-refractivity contribution in [1.82, 2.24) is 5.32 Å². The van der Waals surface area contributed by atoms with Gasteiger partial charge in [0.25, 0.3) is 0 Å². The molecule has 0 spiro atoms. The van der Waals surface area contributed by atoms with E-state index in [-0.39, 0.29) is 0 Å². The van der Waals surface area contributed by atoms with E-state index in [1.165, 1.54) is 11.3 Å². The summed E-state index contributed by atoms with van der Waals surface area (Å²) >= 11 is 0. The van der Waals surface area contributed by atoms with Crippen LogP contribution in [0.5, 0.6) is 5.75 Å². The monoisotopic (exact) mass is 250 g/mol. The Morgan fingerprint density at radius 3 is 2.44 bits per heavy atom. The first-order valence-electron chi connectivity index (χ1n) is 6.97. The second-order valence-corrected chi connectivity index (χ2v) is 4.09. The number of nitrogens with zero attached hydrogens (tertiary/aromatic N) is 1. The minimum Gasteiger partial charge on any atom is -0.496 e. The highest BCUT2D eigenvalue weighted by Gasteiger charge is 2.12. The number of methoxy groups -OCH3 is 1. The van der Waals surface area contributed by atoms with Crippen molar-refractivity contribution in [2.75, 3.05) is 38.2 Å². The maximum absolute atomic E-state index is 5.43.